The maximum absolute atomic E-state index is 6.81. The van der Waals surface area contributed by atoms with Crippen molar-refractivity contribution in [2.75, 3.05) is 4.90 Å². The van der Waals surface area contributed by atoms with Crippen LogP contribution in [0.15, 0.2) is 231 Å². The van der Waals surface area contributed by atoms with Crippen molar-refractivity contribution in [3.63, 3.8) is 0 Å². The van der Waals surface area contributed by atoms with Crippen LogP contribution in [0.4, 0.5) is 17.1 Å². The number of fused-ring (bicyclic) bond motifs is 15. The molecule has 0 saturated heterocycles. The Kier molecular flexibility index (Phi) is 7.58. The number of benzene rings is 11. The molecular formula is C63H38N2OS. The molecule has 0 N–H and O–H groups in total. The van der Waals surface area contributed by atoms with Crippen molar-refractivity contribution < 1.29 is 4.74 Å². The summed E-state index contributed by atoms with van der Waals surface area (Å²) < 4.78 is 11.9. The van der Waals surface area contributed by atoms with Crippen molar-refractivity contribution in [2.24, 2.45) is 0 Å². The number of hydrogen-bond donors (Lipinski definition) is 0. The maximum atomic E-state index is 6.81. The summed E-state index contributed by atoms with van der Waals surface area (Å²) in [6, 6.07) is 85.3. The lowest BCUT2D eigenvalue weighted by Gasteiger charge is -2.45. The Morgan fingerprint density at radius 3 is 1.87 bits per heavy atom. The molecular weight excluding hydrogens is 833 g/mol. The number of ether oxygens (including phenoxy) is 1. The third-order valence-electron chi connectivity index (χ3n) is 14.6. The summed E-state index contributed by atoms with van der Waals surface area (Å²) in [6.07, 6.45) is 0. The second-order valence-corrected chi connectivity index (χ2v) is 19.0. The average molecular weight is 871 g/mol. The number of rotatable bonds is 4. The summed E-state index contributed by atoms with van der Waals surface area (Å²) in [4.78, 5) is 2.49. The van der Waals surface area contributed by atoms with Crippen LogP contribution in [0.2, 0.25) is 0 Å². The molecule has 312 valence electrons. The van der Waals surface area contributed by atoms with Crippen molar-refractivity contribution in [2.45, 2.75) is 5.41 Å². The van der Waals surface area contributed by atoms with Gasteiger partial charge in [-0.3, -0.25) is 0 Å². The van der Waals surface area contributed by atoms with Gasteiger partial charge in [0.05, 0.1) is 22.1 Å². The summed E-state index contributed by atoms with van der Waals surface area (Å²) in [6.45, 7) is 0. The van der Waals surface area contributed by atoms with E-state index in [1.165, 1.54) is 80.3 Å². The van der Waals surface area contributed by atoms with Gasteiger partial charge in [-0.2, -0.15) is 0 Å². The molecule has 0 radical (unpaired) electrons. The highest BCUT2D eigenvalue weighted by Crippen LogP contribution is 2.62. The highest BCUT2D eigenvalue weighted by molar-refractivity contribution is 7.25. The predicted octanol–water partition coefficient (Wildman–Crippen LogP) is 17.4. The fourth-order valence-electron chi connectivity index (χ4n) is 11.9. The average Bonchev–Trinajstić information content (AvgIpc) is 3.93. The highest BCUT2D eigenvalue weighted by Gasteiger charge is 2.49. The quantitative estimate of drug-likeness (QED) is 0.175. The van der Waals surface area contributed by atoms with Gasteiger partial charge in [-0.15, -0.1) is 11.3 Å². The number of nitrogens with zero attached hydrogens (tertiary/aromatic N) is 2. The zero-order chi connectivity index (χ0) is 43.8. The van der Waals surface area contributed by atoms with Crippen LogP contribution >= 0.6 is 11.3 Å². The van der Waals surface area contributed by atoms with Gasteiger partial charge in [0, 0.05) is 64.5 Å². The van der Waals surface area contributed by atoms with Gasteiger partial charge >= 0.3 is 0 Å². The Hall–Kier alpha value is -8.44. The molecule has 0 bridgehead atoms. The van der Waals surface area contributed by atoms with Crippen molar-refractivity contribution in [3.8, 4) is 28.3 Å². The van der Waals surface area contributed by atoms with Crippen LogP contribution in [-0.2, 0) is 5.41 Å². The maximum Gasteiger partial charge on any atom is 0.132 e. The standard InChI is InChI=1S/C63H38N2OS/c1-2-18-44-39(14-1)15-13-26-55(44)64(42-31-34-47-46-19-3-7-25-56(46)65(57(47)37-42)43-32-35-49-48-20-4-10-29-60(48)67-61(49)38-43)41-30-33-45-50-21-11-16-40-17-12-24-53(62(40)50)63(54(45)36-41)51-22-5-8-27-58(51)66-59-28-9-6-23-52(59)63/h1-38H. The van der Waals surface area contributed by atoms with E-state index in [1.54, 1.807) is 0 Å². The van der Waals surface area contributed by atoms with Crippen LogP contribution in [0.25, 0.3) is 80.3 Å². The lowest BCUT2D eigenvalue weighted by molar-refractivity contribution is 0.435. The Morgan fingerprint density at radius 1 is 0.388 bits per heavy atom. The Labute approximate surface area is 390 Å². The van der Waals surface area contributed by atoms with Gasteiger partial charge < -0.3 is 14.2 Å². The summed E-state index contributed by atoms with van der Waals surface area (Å²) in [7, 11) is 0. The van der Waals surface area contributed by atoms with E-state index in [4.69, 9.17) is 4.74 Å². The first-order valence-corrected chi connectivity index (χ1v) is 23.8. The summed E-state index contributed by atoms with van der Waals surface area (Å²) in [5.74, 6) is 1.76. The van der Waals surface area contributed by atoms with Gasteiger partial charge in [0.1, 0.15) is 11.5 Å². The van der Waals surface area contributed by atoms with E-state index in [0.29, 0.717) is 0 Å². The predicted molar refractivity (Wildman–Crippen MR) is 281 cm³/mol. The van der Waals surface area contributed by atoms with Gasteiger partial charge in [-0.25, -0.2) is 0 Å². The molecule has 67 heavy (non-hydrogen) atoms. The topological polar surface area (TPSA) is 17.4 Å². The highest BCUT2D eigenvalue weighted by atomic mass is 32.1. The van der Waals surface area contributed by atoms with Gasteiger partial charge in [-0.1, -0.05) is 164 Å². The van der Waals surface area contributed by atoms with Crippen LogP contribution in [0.5, 0.6) is 11.5 Å². The molecule has 1 spiro atoms. The molecule has 2 aromatic heterocycles. The normalized spacial score (nSPS) is 13.3. The molecule has 3 nitrogen and oxygen atoms in total. The molecule has 0 amide bonds. The lowest BCUT2D eigenvalue weighted by atomic mass is 9.58. The van der Waals surface area contributed by atoms with E-state index in [0.717, 1.165) is 50.9 Å². The van der Waals surface area contributed by atoms with E-state index in [2.05, 4.69) is 240 Å². The Balaban J connectivity index is 1.03. The van der Waals surface area contributed by atoms with Crippen molar-refractivity contribution in [3.05, 3.63) is 253 Å². The molecule has 11 aromatic carbocycles. The molecule has 2 aliphatic rings. The van der Waals surface area contributed by atoms with Crippen LogP contribution in [0.1, 0.15) is 22.3 Å². The molecule has 0 fully saturated rings. The number of thiophene rings is 1. The smallest absolute Gasteiger partial charge is 0.132 e. The molecule has 3 heterocycles. The van der Waals surface area contributed by atoms with Gasteiger partial charge in [0.2, 0.25) is 0 Å². The van der Waals surface area contributed by atoms with Crippen LogP contribution in [0.3, 0.4) is 0 Å². The van der Waals surface area contributed by atoms with Crippen LogP contribution in [0, 0.1) is 0 Å². The van der Waals surface area contributed by atoms with E-state index >= 15 is 0 Å². The van der Waals surface area contributed by atoms with Crippen molar-refractivity contribution >= 4 is 91.9 Å². The monoisotopic (exact) mass is 870 g/mol. The van der Waals surface area contributed by atoms with Crippen molar-refractivity contribution in [1.82, 2.24) is 4.57 Å². The first-order chi connectivity index (χ1) is 33.2. The fourth-order valence-corrected chi connectivity index (χ4v) is 13.0. The number of hydrogen-bond acceptors (Lipinski definition) is 3. The molecule has 13 aromatic rings. The first kappa shape index (κ1) is 36.9. The van der Waals surface area contributed by atoms with Crippen LogP contribution in [-0.4, -0.2) is 4.57 Å². The third kappa shape index (κ3) is 5.05. The minimum atomic E-state index is -0.670. The number of aromatic nitrogens is 1. The molecule has 1 aliphatic carbocycles. The van der Waals surface area contributed by atoms with E-state index in [1.807, 2.05) is 11.3 Å². The summed E-state index contributed by atoms with van der Waals surface area (Å²) in [5.41, 5.74) is 13.4. The van der Waals surface area contributed by atoms with Crippen LogP contribution < -0.4 is 9.64 Å². The Bertz CT molecular complexity index is 4180. The van der Waals surface area contributed by atoms with E-state index < -0.39 is 5.41 Å². The molecule has 15 rings (SSSR count). The molecule has 0 saturated carbocycles. The molecule has 0 unspecified atom stereocenters. The largest absolute Gasteiger partial charge is 0.457 e. The number of anilines is 3. The van der Waals surface area contributed by atoms with Crippen molar-refractivity contribution in [1.29, 1.82) is 0 Å². The second-order valence-electron chi connectivity index (χ2n) is 17.9. The molecule has 1 aliphatic heterocycles. The Morgan fingerprint density at radius 2 is 1.00 bits per heavy atom. The first-order valence-electron chi connectivity index (χ1n) is 23.0. The lowest BCUT2D eigenvalue weighted by Crippen LogP contribution is -2.36. The minimum absolute atomic E-state index is 0.670. The summed E-state index contributed by atoms with van der Waals surface area (Å²) >= 11 is 1.86. The number of para-hydroxylation sites is 3. The third-order valence-corrected chi connectivity index (χ3v) is 15.7. The van der Waals surface area contributed by atoms with E-state index in [9.17, 15) is 0 Å². The minimum Gasteiger partial charge on any atom is -0.457 e. The van der Waals surface area contributed by atoms with Gasteiger partial charge in [0.25, 0.3) is 0 Å². The SMILES string of the molecule is c1ccc2c(c1)Oc1ccccc1C21c2cc(N(c3ccc4c5ccccc5n(-c5ccc6c(c5)sc5ccccc56)c4c3)c3cccc4ccccc34)ccc2-c2cccc3cccc1c23. The zero-order valence-corrected chi connectivity index (χ0v) is 37.0. The molecule has 4 heteroatoms. The van der Waals surface area contributed by atoms with E-state index in [-0.39, 0.29) is 0 Å². The second kappa shape index (κ2) is 13.8. The summed E-state index contributed by atoms with van der Waals surface area (Å²) in [5, 5.41) is 9.96. The van der Waals surface area contributed by atoms with Gasteiger partial charge in [0.15, 0.2) is 0 Å². The fraction of sp³-hybridized carbons (Fsp3) is 0.0159. The molecule has 0 atom stereocenters. The van der Waals surface area contributed by atoms with Gasteiger partial charge in [-0.05, 0) is 105 Å². The zero-order valence-electron chi connectivity index (χ0n) is 36.2.